The topological polar surface area (TPSA) is 97.0 Å². The summed E-state index contributed by atoms with van der Waals surface area (Å²) in [5, 5.41) is 13.7. The van der Waals surface area contributed by atoms with Crippen molar-refractivity contribution in [2.24, 2.45) is 0 Å². The molecule has 1 amide bonds. The van der Waals surface area contributed by atoms with Gasteiger partial charge in [-0.2, -0.15) is 5.10 Å². The van der Waals surface area contributed by atoms with Crippen molar-refractivity contribution in [1.82, 2.24) is 19.5 Å². The van der Waals surface area contributed by atoms with Crippen LogP contribution >= 0.6 is 0 Å². The summed E-state index contributed by atoms with van der Waals surface area (Å²) in [6.45, 7) is 0.492. The van der Waals surface area contributed by atoms with Crippen LogP contribution in [0.4, 0.5) is 0 Å². The normalized spacial score (nSPS) is 17.4. The van der Waals surface area contributed by atoms with Gasteiger partial charge in [0, 0.05) is 18.3 Å². The summed E-state index contributed by atoms with van der Waals surface area (Å²) >= 11 is 0. The predicted octanol–water partition coefficient (Wildman–Crippen LogP) is 1.32. The van der Waals surface area contributed by atoms with Gasteiger partial charge in [0.25, 0.3) is 5.91 Å². The Balaban J connectivity index is 1.76. The minimum absolute atomic E-state index is 0.0248. The number of aliphatic carboxylic acids is 1. The molecule has 0 saturated carbocycles. The summed E-state index contributed by atoms with van der Waals surface area (Å²) in [6.07, 6.45) is 3.05. The molecule has 1 aliphatic rings. The maximum absolute atomic E-state index is 13.0. The molecule has 8 nitrogen and oxygen atoms in total. The van der Waals surface area contributed by atoms with Gasteiger partial charge in [-0.15, -0.1) is 0 Å². The fourth-order valence-corrected chi connectivity index (χ4v) is 3.08. The lowest BCUT2D eigenvalue weighted by Gasteiger charge is -2.32. The first-order chi connectivity index (χ1) is 12.7. The minimum atomic E-state index is -1.09. The molecule has 4 rings (SSSR count). The van der Waals surface area contributed by atoms with Gasteiger partial charge in [0.2, 0.25) is 0 Å². The lowest BCUT2D eigenvalue weighted by molar-refractivity contribution is -0.147. The Bertz CT molecular complexity index is 970. The summed E-state index contributed by atoms with van der Waals surface area (Å²) < 4.78 is 6.79. The molecule has 0 radical (unpaired) electrons. The smallest absolute Gasteiger partial charge is 0.328 e. The maximum atomic E-state index is 13.0. The van der Waals surface area contributed by atoms with Crippen LogP contribution in [0, 0.1) is 0 Å². The molecule has 0 unspecified atom stereocenters. The first-order valence-electron chi connectivity index (χ1n) is 8.16. The van der Waals surface area contributed by atoms with E-state index in [9.17, 15) is 14.7 Å². The van der Waals surface area contributed by atoms with Crippen LogP contribution in [-0.4, -0.2) is 62.3 Å². The molecule has 26 heavy (non-hydrogen) atoms. The molecule has 3 aromatic rings. The highest BCUT2D eigenvalue weighted by atomic mass is 16.5. The third-order valence-electron chi connectivity index (χ3n) is 4.38. The molecule has 1 atom stereocenters. The molecule has 1 aromatic carbocycles. The van der Waals surface area contributed by atoms with E-state index >= 15 is 0 Å². The van der Waals surface area contributed by atoms with Gasteiger partial charge < -0.3 is 14.7 Å². The molecule has 1 saturated heterocycles. The van der Waals surface area contributed by atoms with Crippen molar-refractivity contribution in [3.05, 3.63) is 54.4 Å². The molecule has 3 heterocycles. The number of fused-ring (bicyclic) bond motifs is 1. The Morgan fingerprint density at radius 1 is 1.19 bits per heavy atom. The standard InChI is InChI=1S/C18H16N4O4/c23-17(21-8-9-26-11-15(21)18(24)25)13-10-20-22-14(6-7-19-16(13)22)12-4-2-1-3-5-12/h1-7,10,15H,8-9,11H2,(H,24,25)/t15-/m0/s1. The second-order valence-electron chi connectivity index (χ2n) is 5.92. The average molecular weight is 352 g/mol. The van der Waals surface area contributed by atoms with Crippen LogP contribution in [0.3, 0.4) is 0 Å². The van der Waals surface area contributed by atoms with Gasteiger partial charge in [0.15, 0.2) is 11.7 Å². The summed E-state index contributed by atoms with van der Waals surface area (Å²) in [5.41, 5.74) is 2.41. The number of rotatable bonds is 3. The van der Waals surface area contributed by atoms with Crippen molar-refractivity contribution < 1.29 is 19.4 Å². The van der Waals surface area contributed by atoms with E-state index in [-0.39, 0.29) is 18.7 Å². The van der Waals surface area contributed by atoms with Crippen LogP contribution in [0.25, 0.3) is 16.9 Å². The maximum Gasteiger partial charge on any atom is 0.328 e. The van der Waals surface area contributed by atoms with Gasteiger partial charge in [0.05, 0.1) is 25.1 Å². The summed E-state index contributed by atoms with van der Waals surface area (Å²) in [5.74, 6) is -1.50. The van der Waals surface area contributed by atoms with Crippen molar-refractivity contribution in [2.75, 3.05) is 19.8 Å². The quantitative estimate of drug-likeness (QED) is 0.764. The fraction of sp³-hybridized carbons (Fsp3) is 0.222. The number of morpholine rings is 1. The Hall–Kier alpha value is -3.26. The number of carboxylic acid groups (broad SMARTS) is 1. The average Bonchev–Trinajstić information content (AvgIpc) is 3.12. The second-order valence-corrected chi connectivity index (χ2v) is 5.92. The van der Waals surface area contributed by atoms with Crippen molar-refractivity contribution in [3.63, 3.8) is 0 Å². The molecular formula is C18H16N4O4. The van der Waals surface area contributed by atoms with Gasteiger partial charge in [0.1, 0.15) is 5.56 Å². The lowest BCUT2D eigenvalue weighted by atomic mass is 10.1. The number of amides is 1. The molecule has 0 bridgehead atoms. The van der Waals surface area contributed by atoms with Gasteiger partial charge in [-0.05, 0) is 6.07 Å². The van der Waals surface area contributed by atoms with E-state index in [4.69, 9.17) is 4.74 Å². The van der Waals surface area contributed by atoms with E-state index in [1.54, 1.807) is 10.7 Å². The van der Waals surface area contributed by atoms with Crippen LogP contribution in [-0.2, 0) is 9.53 Å². The third kappa shape index (κ3) is 2.70. The monoisotopic (exact) mass is 352 g/mol. The summed E-state index contributed by atoms with van der Waals surface area (Å²) in [6, 6.07) is 10.5. The highest BCUT2D eigenvalue weighted by Crippen LogP contribution is 2.22. The largest absolute Gasteiger partial charge is 0.480 e. The van der Waals surface area contributed by atoms with Crippen molar-refractivity contribution in [2.45, 2.75) is 6.04 Å². The number of aromatic nitrogens is 3. The number of carboxylic acids is 1. The molecule has 8 heteroatoms. The van der Waals surface area contributed by atoms with Gasteiger partial charge in [-0.3, -0.25) is 4.79 Å². The zero-order valence-corrected chi connectivity index (χ0v) is 13.8. The van der Waals surface area contributed by atoms with E-state index in [0.29, 0.717) is 12.3 Å². The van der Waals surface area contributed by atoms with Crippen molar-refractivity contribution >= 4 is 17.5 Å². The highest BCUT2D eigenvalue weighted by molar-refractivity contribution is 6.01. The lowest BCUT2D eigenvalue weighted by Crippen LogP contribution is -2.52. The molecule has 132 valence electrons. The molecule has 2 aromatic heterocycles. The number of ether oxygens (including phenoxy) is 1. The molecule has 0 aliphatic carbocycles. The first kappa shape index (κ1) is 16.2. The highest BCUT2D eigenvalue weighted by Gasteiger charge is 2.34. The number of carbonyl (C=O) groups excluding carboxylic acids is 1. The summed E-state index contributed by atoms with van der Waals surface area (Å²) in [4.78, 5) is 30.0. The number of hydrogen-bond acceptors (Lipinski definition) is 5. The number of carbonyl (C=O) groups is 2. The summed E-state index contributed by atoms with van der Waals surface area (Å²) in [7, 11) is 0. The number of nitrogens with zero attached hydrogens (tertiary/aromatic N) is 4. The van der Waals surface area contributed by atoms with E-state index < -0.39 is 17.9 Å². The number of benzene rings is 1. The van der Waals surface area contributed by atoms with Crippen LogP contribution in [0.2, 0.25) is 0 Å². The minimum Gasteiger partial charge on any atom is -0.480 e. The van der Waals surface area contributed by atoms with Crippen LogP contribution in [0.1, 0.15) is 10.4 Å². The van der Waals surface area contributed by atoms with Crippen LogP contribution in [0.5, 0.6) is 0 Å². The van der Waals surface area contributed by atoms with Crippen molar-refractivity contribution in [1.29, 1.82) is 0 Å². The van der Waals surface area contributed by atoms with Crippen LogP contribution in [0.15, 0.2) is 48.8 Å². The van der Waals surface area contributed by atoms with Crippen molar-refractivity contribution in [3.8, 4) is 11.3 Å². The zero-order valence-electron chi connectivity index (χ0n) is 13.8. The number of hydrogen-bond donors (Lipinski definition) is 1. The molecule has 1 fully saturated rings. The fourth-order valence-electron chi connectivity index (χ4n) is 3.08. The molecule has 0 spiro atoms. The van der Waals surface area contributed by atoms with Gasteiger partial charge >= 0.3 is 5.97 Å². The van der Waals surface area contributed by atoms with E-state index in [2.05, 4.69) is 10.1 Å². The predicted molar refractivity (Wildman–Crippen MR) is 91.7 cm³/mol. The molecular weight excluding hydrogens is 336 g/mol. The molecule has 1 N–H and O–H groups in total. The SMILES string of the molecule is O=C(O)[C@@H]1COCCN1C(=O)c1cnn2c(-c3ccccc3)ccnc12. The van der Waals surface area contributed by atoms with E-state index in [0.717, 1.165) is 11.3 Å². The Labute approximate surface area is 148 Å². The first-order valence-corrected chi connectivity index (χ1v) is 8.16. The van der Waals surface area contributed by atoms with E-state index in [1.165, 1.54) is 11.1 Å². The Morgan fingerprint density at radius 2 is 2.00 bits per heavy atom. The van der Waals surface area contributed by atoms with Crippen LogP contribution < -0.4 is 0 Å². The Kier molecular flexibility index (Phi) is 4.10. The molecule has 1 aliphatic heterocycles. The zero-order chi connectivity index (χ0) is 18.1. The Morgan fingerprint density at radius 3 is 2.77 bits per heavy atom. The van der Waals surface area contributed by atoms with Gasteiger partial charge in [-0.1, -0.05) is 30.3 Å². The van der Waals surface area contributed by atoms with E-state index in [1.807, 2.05) is 36.4 Å². The van der Waals surface area contributed by atoms with Gasteiger partial charge in [-0.25, -0.2) is 14.3 Å². The third-order valence-corrected chi connectivity index (χ3v) is 4.38. The second kappa shape index (κ2) is 6.57.